The van der Waals surface area contributed by atoms with E-state index in [0.29, 0.717) is 17.1 Å². The molecular weight excluding hydrogens is 224 g/mol. The lowest BCUT2D eigenvalue weighted by Gasteiger charge is -2.01. The number of hydrogen-bond acceptors (Lipinski definition) is 2. The average Bonchev–Trinajstić information content (AvgIpc) is 2.68. The molecule has 1 heterocycles. The first-order valence-corrected chi connectivity index (χ1v) is 5.47. The highest BCUT2D eigenvalue weighted by molar-refractivity contribution is 6.32. The van der Waals surface area contributed by atoms with E-state index in [9.17, 15) is 4.79 Å². The zero-order chi connectivity index (χ0) is 11.7. The number of H-pyrrole nitrogens is 1. The fourth-order valence-electron chi connectivity index (χ4n) is 1.81. The molecular formula is C12H13ClN2O. The SMILES string of the molecule is CNCC(=O)c1c[nH]c2c(C)c(Cl)ccc12. The Balaban J connectivity index is 2.58. The first-order valence-electron chi connectivity index (χ1n) is 5.09. The summed E-state index contributed by atoms with van der Waals surface area (Å²) in [6.07, 6.45) is 1.74. The van der Waals surface area contributed by atoms with Gasteiger partial charge in [0.1, 0.15) is 0 Å². The van der Waals surface area contributed by atoms with Crippen LogP contribution in [0, 0.1) is 6.92 Å². The number of carbonyl (C=O) groups excluding carboxylic acids is 1. The quantitative estimate of drug-likeness (QED) is 0.805. The van der Waals surface area contributed by atoms with Gasteiger partial charge in [-0.05, 0) is 25.6 Å². The second-order valence-corrected chi connectivity index (χ2v) is 4.16. The van der Waals surface area contributed by atoms with Crippen LogP contribution in [-0.2, 0) is 0 Å². The number of aromatic nitrogens is 1. The number of Topliss-reactive ketones (excluding diaryl/α,β-unsaturated/α-hetero) is 1. The van der Waals surface area contributed by atoms with Gasteiger partial charge in [-0.1, -0.05) is 17.7 Å². The number of nitrogens with one attached hydrogen (secondary N) is 2. The summed E-state index contributed by atoms with van der Waals surface area (Å²) in [6, 6.07) is 3.70. The second-order valence-electron chi connectivity index (χ2n) is 3.75. The minimum atomic E-state index is 0.0791. The smallest absolute Gasteiger partial charge is 0.178 e. The highest BCUT2D eigenvalue weighted by Crippen LogP contribution is 2.27. The molecule has 0 fully saturated rings. The van der Waals surface area contributed by atoms with E-state index in [1.807, 2.05) is 19.1 Å². The number of aromatic amines is 1. The number of ketones is 1. The molecule has 2 N–H and O–H groups in total. The second kappa shape index (κ2) is 4.28. The molecule has 0 amide bonds. The minimum Gasteiger partial charge on any atom is -0.360 e. The van der Waals surface area contributed by atoms with E-state index in [1.54, 1.807) is 13.2 Å². The van der Waals surface area contributed by atoms with Crippen LogP contribution in [0.3, 0.4) is 0 Å². The zero-order valence-electron chi connectivity index (χ0n) is 9.23. The van der Waals surface area contributed by atoms with Crippen LogP contribution in [0.4, 0.5) is 0 Å². The number of halogens is 1. The normalized spacial score (nSPS) is 10.9. The summed E-state index contributed by atoms with van der Waals surface area (Å²) in [7, 11) is 1.76. The van der Waals surface area contributed by atoms with Gasteiger partial charge in [0.25, 0.3) is 0 Å². The molecule has 0 aliphatic rings. The molecule has 3 nitrogen and oxygen atoms in total. The number of hydrogen-bond donors (Lipinski definition) is 2. The van der Waals surface area contributed by atoms with Gasteiger partial charge >= 0.3 is 0 Å². The fraction of sp³-hybridized carbons (Fsp3) is 0.250. The van der Waals surface area contributed by atoms with E-state index < -0.39 is 0 Å². The van der Waals surface area contributed by atoms with E-state index in [2.05, 4.69) is 10.3 Å². The van der Waals surface area contributed by atoms with Crippen LogP contribution in [0.1, 0.15) is 15.9 Å². The first kappa shape index (κ1) is 11.2. The molecule has 2 aromatic rings. The van der Waals surface area contributed by atoms with E-state index in [1.165, 1.54) is 0 Å². The van der Waals surface area contributed by atoms with E-state index in [0.717, 1.165) is 16.5 Å². The Hall–Kier alpha value is -1.32. The molecule has 0 saturated heterocycles. The van der Waals surface area contributed by atoms with Gasteiger partial charge in [0.2, 0.25) is 0 Å². The van der Waals surface area contributed by atoms with Gasteiger partial charge in [0.05, 0.1) is 12.1 Å². The van der Waals surface area contributed by atoms with Gasteiger partial charge < -0.3 is 10.3 Å². The Labute approximate surface area is 98.8 Å². The maximum Gasteiger partial charge on any atom is 0.178 e. The van der Waals surface area contributed by atoms with Gasteiger partial charge in [-0.3, -0.25) is 4.79 Å². The highest BCUT2D eigenvalue weighted by Gasteiger charge is 2.13. The Morgan fingerprint density at radius 1 is 1.50 bits per heavy atom. The van der Waals surface area contributed by atoms with Gasteiger partial charge in [0.15, 0.2) is 5.78 Å². The maximum atomic E-state index is 11.8. The van der Waals surface area contributed by atoms with E-state index in [4.69, 9.17) is 11.6 Å². The molecule has 84 valence electrons. The molecule has 1 aromatic heterocycles. The maximum absolute atomic E-state index is 11.8. The molecule has 0 saturated carbocycles. The van der Waals surface area contributed by atoms with Gasteiger partial charge in [-0.25, -0.2) is 0 Å². The lowest BCUT2D eigenvalue weighted by Crippen LogP contribution is -2.18. The molecule has 0 spiro atoms. The van der Waals surface area contributed by atoms with Crippen LogP contribution in [0.5, 0.6) is 0 Å². The lowest BCUT2D eigenvalue weighted by molar-refractivity contribution is 0.0995. The van der Waals surface area contributed by atoms with Crippen molar-refractivity contribution in [2.24, 2.45) is 0 Å². The Morgan fingerprint density at radius 2 is 2.25 bits per heavy atom. The van der Waals surface area contributed by atoms with Crippen LogP contribution < -0.4 is 5.32 Å². The summed E-state index contributed by atoms with van der Waals surface area (Å²) in [5.41, 5.74) is 2.62. The zero-order valence-corrected chi connectivity index (χ0v) is 9.98. The summed E-state index contributed by atoms with van der Waals surface area (Å²) in [5.74, 6) is 0.0791. The Morgan fingerprint density at radius 3 is 2.94 bits per heavy atom. The predicted octanol–water partition coefficient (Wildman–Crippen LogP) is 2.53. The topological polar surface area (TPSA) is 44.9 Å². The Bertz CT molecular complexity index is 545. The molecule has 16 heavy (non-hydrogen) atoms. The number of likely N-dealkylation sites (N-methyl/N-ethyl adjacent to an activating group) is 1. The van der Waals surface area contributed by atoms with Gasteiger partial charge in [-0.2, -0.15) is 0 Å². The average molecular weight is 237 g/mol. The van der Waals surface area contributed by atoms with Crippen LogP contribution in [0.25, 0.3) is 10.9 Å². The van der Waals surface area contributed by atoms with Crippen molar-refractivity contribution < 1.29 is 4.79 Å². The van der Waals surface area contributed by atoms with Crippen molar-refractivity contribution in [3.05, 3.63) is 34.5 Å². The van der Waals surface area contributed by atoms with Crippen LogP contribution in [0.2, 0.25) is 5.02 Å². The first-order chi connectivity index (χ1) is 7.65. The predicted molar refractivity (Wildman–Crippen MR) is 66.3 cm³/mol. The van der Waals surface area contributed by atoms with Gasteiger partial charge in [-0.15, -0.1) is 0 Å². The number of fused-ring (bicyclic) bond motifs is 1. The van der Waals surface area contributed by atoms with Crippen molar-refractivity contribution in [2.45, 2.75) is 6.92 Å². The number of rotatable bonds is 3. The van der Waals surface area contributed by atoms with Crippen molar-refractivity contribution >= 4 is 28.3 Å². The third kappa shape index (κ3) is 1.72. The molecule has 0 aliphatic heterocycles. The van der Waals surface area contributed by atoms with Crippen molar-refractivity contribution in [3.63, 3.8) is 0 Å². The molecule has 1 aromatic carbocycles. The van der Waals surface area contributed by atoms with Crippen molar-refractivity contribution in [3.8, 4) is 0 Å². The van der Waals surface area contributed by atoms with Crippen molar-refractivity contribution in [1.29, 1.82) is 0 Å². The van der Waals surface area contributed by atoms with Crippen LogP contribution in [-0.4, -0.2) is 24.4 Å². The van der Waals surface area contributed by atoms with Crippen LogP contribution >= 0.6 is 11.6 Å². The summed E-state index contributed by atoms with van der Waals surface area (Å²) in [4.78, 5) is 14.9. The molecule has 0 radical (unpaired) electrons. The highest BCUT2D eigenvalue weighted by atomic mass is 35.5. The van der Waals surface area contributed by atoms with Crippen molar-refractivity contribution in [1.82, 2.24) is 10.3 Å². The summed E-state index contributed by atoms with van der Waals surface area (Å²) < 4.78 is 0. The Kier molecular flexibility index (Phi) is 2.99. The third-order valence-corrected chi connectivity index (χ3v) is 3.10. The number of carbonyl (C=O) groups is 1. The summed E-state index contributed by atoms with van der Waals surface area (Å²) >= 11 is 6.02. The molecule has 0 aliphatic carbocycles. The summed E-state index contributed by atoms with van der Waals surface area (Å²) in [5, 5.41) is 4.50. The number of aryl methyl sites for hydroxylation is 1. The minimum absolute atomic E-state index is 0.0791. The van der Waals surface area contributed by atoms with Gasteiger partial charge in [0, 0.05) is 22.2 Å². The molecule has 0 bridgehead atoms. The van der Waals surface area contributed by atoms with Crippen molar-refractivity contribution in [2.75, 3.05) is 13.6 Å². The van der Waals surface area contributed by atoms with E-state index in [-0.39, 0.29) is 5.78 Å². The number of benzene rings is 1. The summed E-state index contributed by atoms with van der Waals surface area (Å²) in [6.45, 7) is 2.28. The molecule has 0 unspecified atom stereocenters. The van der Waals surface area contributed by atoms with Crippen LogP contribution in [0.15, 0.2) is 18.3 Å². The monoisotopic (exact) mass is 236 g/mol. The molecule has 2 rings (SSSR count). The fourth-order valence-corrected chi connectivity index (χ4v) is 1.96. The van der Waals surface area contributed by atoms with E-state index >= 15 is 0 Å². The molecule has 0 atom stereocenters. The third-order valence-electron chi connectivity index (χ3n) is 2.69. The molecule has 4 heteroatoms. The standard InChI is InChI=1S/C12H13ClN2O/c1-7-10(13)4-3-8-9(5-15-12(7)8)11(16)6-14-2/h3-5,14-15H,6H2,1-2H3. The lowest BCUT2D eigenvalue weighted by atomic mass is 10.1. The largest absolute Gasteiger partial charge is 0.360 e.